The third kappa shape index (κ3) is 1.17. The van der Waals surface area contributed by atoms with Crippen molar-refractivity contribution in [3.63, 3.8) is 0 Å². The highest BCUT2D eigenvalue weighted by Crippen LogP contribution is 2.04. The fraction of sp³-hybridized carbons (Fsp3) is 0. The van der Waals surface area contributed by atoms with Crippen LogP contribution in [0.3, 0.4) is 0 Å². The summed E-state index contributed by atoms with van der Waals surface area (Å²) >= 11 is 0. The third-order valence-corrected chi connectivity index (χ3v) is 1.15. The molecule has 2 rings (SSSR count). The van der Waals surface area contributed by atoms with Crippen LogP contribution in [-0.2, 0) is 0 Å². The standard InChI is InChI=1S/C4H6N8/c5-2-8-4(12-10-2)9-3-6-1-7-11-3/h1H,(H5,5,6,7,8,9,10,11,12). The maximum atomic E-state index is 5.29. The van der Waals surface area contributed by atoms with Crippen LogP contribution in [0.15, 0.2) is 6.33 Å². The van der Waals surface area contributed by atoms with Crippen LogP contribution >= 0.6 is 0 Å². The summed E-state index contributed by atoms with van der Waals surface area (Å²) in [5, 5.41) is 15.2. The molecule has 0 aromatic carbocycles. The first-order chi connectivity index (χ1) is 5.84. The molecule has 0 amide bonds. The lowest BCUT2D eigenvalue weighted by Gasteiger charge is -1.91. The number of hydrogen-bond acceptors (Lipinski definition) is 6. The molecule has 2 aromatic heterocycles. The Labute approximate surface area is 66.6 Å². The monoisotopic (exact) mass is 166 g/mol. The van der Waals surface area contributed by atoms with Crippen molar-refractivity contribution in [2.75, 3.05) is 11.1 Å². The average Bonchev–Trinajstić information content (AvgIpc) is 2.63. The normalized spacial score (nSPS) is 10.0. The van der Waals surface area contributed by atoms with Gasteiger partial charge in [0.25, 0.3) is 0 Å². The molecular formula is C4H6N8. The first-order valence-electron chi connectivity index (χ1n) is 3.15. The molecule has 62 valence electrons. The minimum Gasteiger partial charge on any atom is -0.368 e. The maximum absolute atomic E-state index is 5.29. The molecule has 0 aliphatic carbocycles. The van der Waals surface area contributed by atoms with E-state index < -0.39 is 0 Å². The Hall–Kier alpha value is -2.12. The number of H-pyrrole nitrogens is 2. The molecule has 0 bridgehead atoms. The molecule has 0 fully saturated rings. The topological polar surface area (TPSA) is 121 Å². The molecule has 0 unspecified atom stereocenters. The van der Waals surface area contributed by atoms with Gasteiger partial charge in [-0.2, -0.15) is 15.1 Å². The van der Waals surface area contributed by atoms with E-state index in [0.29, 0.717) is 11.9 Å². The molecule has 0 spiro atoms. The average molecular weight is 166 g/mol. The summed E-state index contributed by atoms with van der Waals surface area (Å²) < 4.78 is 0. The van der Waals surface area contributed by atoms with Gasteiger partial charge in [0.15, 0.2) is 0 Å². The van der Waals surface area contributed by atoms with Gasteiger partial charge in [-0.15, -0.1) is 5.10 Å². The van der Waals surface area contributed by atoms with Gasteiger partial charge in [0.2, 0.25) is 17.8 Å². The van der Waals surface area contributed by atoms with Crippen LogP contribution in [-0.4, -0.2) is 30.4 Å². The second-order valence-electron chi connectivity index (χ2n) is 2.00. The second-order valence-corrected chi connectivity index (χ2v) is 2.00. The molecule has 0 radical (unpaired) electrons. The lowest BCUT2D eigenvalue weighted by molar-refractivity contribution is 1.07. The van der Waals surface area contributed by atoms with Gasteiger partial charge in [-0.05, 0) is 0 Å². The van der Waals surface area contributed by atoms with Gasteiger partial charge in [0, 0.05) is 0 Å². The second kappa shape index (κ2) is 2.49. The zero-order valence-electron chi connectivity index (χ0n) is 5.94. The number of hydrogen-bond donors (Lipinski definition) is 4. The van der Waals surface area contributed by atoms with E-state index in [2.05, 4.69) is 35.7 Å². The molecule has 0 aliphatic heterocycles. The fourth-order valence-corrected chi connectivity index (χ4v) is 0.702. The molecule has 2 aromatic rings. The van der Waals surface area contributed by atoms with Crippen molar-refractivity contribution in [1.29, 1.82) is 0 Å². The zero-order valence-corrected chi connectivity index (χ0v) is 5.94. The van der Waals surface area contributed by atoms with Gasteiger partial charge in [0.05, 0.1) is 0 Å². The number of nitrogens with one attached hydrogen (secondary N) is 3. The van der Waals surface area contributed by atoms with Crippen LogP contribution < -0.4 is 11.1 Å². The summed E-state index contributed by atoms with van der Waals surface area (Å²) in [6, 6.07) is 0. The molecular weight excluding hydrogens is 160 g/mol. The highest BCUT2D eigenvalue weighted by molar-refractivity contribution is 5.42. The van der Waals surface area contributed by atoms with E-state index in [1.807, 2.05) is 0 Å². The van der Waals surface area contributed by atoms with E-state index in [1.165, 1.54) is 6.33 Å². The minimum absolute atomic E-state index is 0.247. The SMILES string of the molecule is Nc1nc(Nc2ncn[nH]2)n[nH]1. The van der Waals surface area contributed by atoms with Crippen LogP contribution in [0.25, 0.3) is 0 Å². The zero-order chi connectivity index (χ0) is 8.39. The van der Waals surface area contributed by atoms with E-state index in [1.54, 1.807) is 0 Å². The molecule has 12 heavy (non-hydrogen) atoms. The quantitative estimate of drug-likeness (QED) is 0.465. The van der Waals surface area contributed by atoms with Crippen molar-refractivity contribution in [3.05, 3.63) is 6.33 Å². The van der Waals surface area contributed by atoms with Crippen LogP contribution in [0.2, 0.25) is 0 Å². The van der Waals surface area contributed by atoms with Gasteiger partial charge in [-0.3, -0.25) is 5.32 Å². The number of aromatic nitrogens is 6. The number of nitrogen functional groups attached to an aromatic ring is 1. The van der Waals surface area contributed by atoms with Crippen molar-refractivity contribution in [2.24, 2.45) is 0 Å². The minimum atomic E-state index is 0.247. The molecule has 8 nitrogen and oxygen atoms in total. The van der Waals surface area contributed by atoms with E-state index in [0.717, 1.165) is 0 Å². The van der Waals surface area contributed by atoms with Gasteiger partial charge < -0.3 is 5.73 Å². The summed E-state index contributed by atoms with van der Waals surface area (Å²) in [5.41, 5.74) is 5.29. The van der Waals surface area contributed by atoms with Crippen molar-refractivity contribution in [1.82, 2.24) is 30.4 Å². The van der Waals surface area contributed by atoms with Crippen molar-refractivity contribution >= 4 is 17.8 Å². The predicted octanol–water partition coefficient (Wildman–Crippen LogP) is -0.751. The first kappa shape index (κ1) is 6.58. The summed E-state index contributed by atoms with van der Waals surface area (Å²) in [4.78, 5) is 7.61. The van der Waals surface area contributed by atoms with Gasteiger partial charge in [0.1, 0.15) is 6.33 Å². The highest BCUT2D eigenvalue weighted by Gasteiger charge is 2.00. The smallest absolute Gasteiger partial charge is 0.250 e. The van der Waals surface area contributed by atoms with Gasteiger partial charge in [-0.1, -0.05) is 0 Å². The summed E-state index contributed by atoms with van der Waals surface area (Å²) in [5.74, 6) is 1.07. The maximum Gasteiger partial charge on any atom is 0.250 e. The van der Waals surface area contributed by atoms with E-state index in [-0.39, 0.29) is 5.95 Å². The van der Waals surface area contributed by atoms with Crippen LogP contribution in [0.5, 0.6) is 0 Å². The Morgan fingerprint density at radius 1 is 1.42 bits per heavy atom. The first-order valence-corrected chi connectivity index (χ1v) is 3.15. The van der Waals surface area contributed by atoms with E-state index in [9.17, 15) is 0 Å². The molecule has 8 heteroatoms. The number of aromatic amines is 2. The van der Waals surface area contributed by atoms with Gasteiger partial charge in [-0.25, -0.2) is 10.2 Å². The molecule has 2 heterocycles. The molecule has 0 saturated carbocycles. The summed E-state index contributed by atoms with van der Waals surface area (Å²) in [6.45, 7) is 0. The Bertz CT molecular complexity index is 347. The Balaban J connectivity index is 2.14. The lowest BCUT2D eigenvalue weighted by atomic mass is 10.9. The molecule has 0 aliphatic rings. The van der Waals surface area contributed by atoms with Gasteiger partial charge >= 0.3 is 0 Å². The number of nitrogens with zero attached hydrogens (tertiary/aromatic N) is 4. The van der Waals surface area contributed by atoms with Crippen LogP contribution in [0.1, 0.15) is 0 Å². The molecule has 5 N–H and O–H groups in total. The number of rotatable bonds is 2. The number of nitrogens with two attached hydrogens (primary N) is 1. The third-order valence-electron chi connectivity index (χ3n) is 1.15. The molecule has 0 atom stereocenters. The number of anilines is 3. The predicted molar refractivity (Wildman–Crippen MR) is 40.5 cm³/mol. The van der Waals surface area contributed by atoms with Crippen LogP contribution in [0.4, 0.5) is 17.8 Å². The van der Waals surface area contributed by atoms with Crippen molar-refractivity contribution in [3.8, 4) is 0 Å². The van der Waals surface area contributed by atoms with E-state index >= 15 is 0 Å². The van der Waals surface area contributed by atoms with Crippen molar-refractivity contribution < 1.29 is 0 Å². The largest absolute Gasteiger partial charge is 0.368 e. The molecule has 0 saturated heterocycles. The van der Waals surface area contributed by atoms with Crippen LogP contribution in [0, 0.1) is 0 Å². The fourth-order valence-electron chi connectivity index (χ4n) is 0.702. The summed E-state index contributed by atoms with van der Waals surface area (Å²) in [6.07, 6.45) is 1.37. The lowest BCUT2D eigenvalue weighted by Crippen LogP contribution is -1.94. The van der Waals surface area contributed by atoms with Crippen molar-refractivity contribution in [2.45, 2.75) is 0 Å². The Morgan fingerprint density at radius 2 is 2.33 bits per heavy atom. The highest BCUT2D eigenvalue weighted by atomic mass is 15.4. The summed E-state index contributed by atoms with van der Waals surface area (Å²) in [7, 11) is 0. The Morgan fingerprint density at radius 3 is 2.92 bits per heavy atom. The van der Waals surface area contributed by atoms with E-state index in [4.69, 9.17) is 5.73 Å². The Kier molecular flexibility index (Phi) is 1.37.